The highest BCUT2D eigenvalue weighted by Gasteiger charge is 2.43. The van der Waals surface area contributed by atoms with E-state index in [2.05, 4.69) is 5.32 Å². The molecule has 29 heavy (non-hydrogen) atoms. The molecule has 4 rings (SSSR count). The summed E-state index contributed by atoms with van der Waals surface area (Å²) in [6.07, 6.45) is 0. The van der Waals surface area contributed by atoms with E-state index in [1.807, 2.05) is 31.2 Å². The molecule has 1 atom stereocenters. The molecule has 2 aliphatic heterocycles. The minimum atomic E-state index is -3.82. The Labute approximate surface area is 168 Å². The van der Waals surface area contributed by atoms with Gasteiger partial charge in [0.2, 0.25) is 10.0 Å². The third-order valence-corrected chi connectivity index (χ3v) is 6.18. The zero-order valence-corrected chi connectivity index (χ0v) is 16.7. The fraction of sp³-hybridized carbons (Fsp3) is 0.200. The first kappa shape index (κ1) is 19.2. The van der Waals surface area contributed by atoms with Crippen LogP contribution >= 0.6 is 0 Å². The van der Waals surface area contributed by atoms with Gasteiger partial charge in [-0.15, -0.1) is 0 Å². The molecule has 0 bridgehead atoms. The molecule has 0 aliphatic carbocycles. The minimum Gasteiger partial charge on any atom is -0.327 e. The predicted octanol–water partition coefficient (Wildman–Crippen LogP) is 1.64. The second-order valence-electron chi connectivity index (χ2n) is 7.14. The van der Waals surface area contributed by atoms with E-state index < -0.39 is 16.1 Å². The van der Waals surface area contributed by atoms with Crippen molar-refractivity contribution in [1.29, 1.82) is 0 Å². The van der Waals surface area contributed by atoms with E-state index in [1.54, 1.807) is 7.05 Å². The Morgan fingerprint density at radius 2 is 1.66 bits per heavy atom. The minimum absolute atomic E-state index is 0.0305. The molecule has 0 fully saturated rings. The van der Waals surface area contributed by atoms with Crippen LogP contribution in [-0.4, -0.2) is 38.8 Å². The molecular formula is C20H20N4O4S. The van der Waals surface area contributed by atoms with Gasteiger partial charge in [-0.05, 0) is 36.8 Å². The van der Waals surface area contributed by atoms with Crippen LogP contribution in [0.5, 0.6) is 0 Å². The highest BCUT2D eigenvalue weighted by atomic mass is 32.2. The molecule has 9 heteroatoms. The first-order chi connectivity index (χ1) is 13.7. The van der Waals surface area contributed by atoms with Crippen LogP contribution in [0.1, 0.15) is 17.2 Å². The summed E-state index contributed by atoms with van der Waals surface area (Å²) in [5, 5.41) is 8.03. The molecule has 0 saturated heterocycles. The Bertz CT molecular complexity index is 1140. The number of hydrogen-bond acceptors (Lipinski definition) is 4. The fourth-order valence-electron chi connectivity index (χ4n) is 3.60. The fourth-order valence-corrected chi connectivity index (χ4v) is 4.12. The van der Waals surface area contributed by atoms with Crippen LogP contribution in [0.3, 0.4) is 0 Å². The number of primary sulfonamides is 1. The summed E-state index contributed by atoms with van der Waals surface area (Å²) in [6, 6.07) is 12.6. The number of anilines is 1. The van der Waals surface area contributed by atoms with Crippen molar-refractivity contribution in [3.05, 3.63) is 70.9 Å². The SMILES string of the molecule is Cc1ccc([C@H]2NC(=O)N(C)C3=C2C(=O)N(c2ccc(S(N)(=O)=O)cc2)C3)cc1. The van der Waals surface area contributed by atoms with Gasteiger partial charge in [0.05, 0.1) is 28.8 Å². The van der Waals surface area contributed by atoms with Gasteiger partial charge in [0.1, 0.15) is 0 Å². The number of urea groups is 1. The van der Waals surface area contributed by atoms with E-state index in [9.17, 15) is 18.0 Å². The van der Waals surface area contributed by atoms with Crippen molar-refractivity contribution >= 4 is 27.6 Å². The summed E-state index contributed by atoms with van der Waals surface area (Å²) >= 11 is 0. The lowest BCUT2D eigenvalue weighted by atomic mass is 9.95. The first-order valence-electron chi connectivity index (χ1n) is 8.95. The quantitative estimate of drug-likeness (QED) is 0.798. The maximum absolute atomic E-state index is 13.3. The van der Waals surface area contributed by atoms with E-state index in [-0.39, 0.29) is 23.4 Å². The lowest BCUT2D eigenvalue weighted by Crippen LogP contribution is -2.45. The van der Waals surface area contributed by atoms with Crippen LogP contribution in [0.4, 0.5) is 10.5 Å². The zero-order valence-electron chi connectivity index (χ0n) is 15.9. The average molecular weight is 412 g/mol. The normalized spacial score (nSPS) is 19.5. The van der Waals surface area contributed by atoms with Crippen LogP contribution in [0.15, 0.2) is 64.7 Å². The third kappa shape index (κ3) is 3.28. The lowest BCUT2D eigenvalue weighted by molar-refractivity contribution is -0.114. The van der Waals surface area contributed by atoms with Gasteiger partial charge in [-0.3, -0.25) is 9.69 Å². The van der Waals surface area contributed by atoms with Crippen molar-refractivity contribution in [1.82, 2.24) is 10.2 Å². The van der Waals surface area contributed by atoms with E-state index in [1.165, 1.54) is 34.1 Å². The van der Waals surface area contributed by atoms with Gasteiger partial charge in [-0.1, -0.05) is 29.8 Å². The van der Waals surface area contributed by atoms with Gasteiger partial charge in [0, 0.05) is 12.7 Å². The molecule has 150 valence electrons. The standard InChI is InChI=1S/C20H20N4O4S/c1-12-3-5-13(6-4-12)18-17-16(23(2)20(26)22-18)11-24(19(17)25)14-7-9-15(10-8-14)29(21,27)28/h3-10,18H,11H2,1-2H3,(H,22,26)(H2,21,27,28)/t18-/m1/s1. The Morgan fingerprint density at radius 3 is 2.24 bits per heavy atom. The summed E-state index contributed by atoms with van der Waals surface area (Å²) in [7, 11) is -2.20. The number of aryl methyl sites for hydroxylation is 1. The van der Waals surface area contributed by atoms with E-state index in [0.717, 1.165) is 11.1 Å². The molecule has 0 radical (unpaired) electrons. The summed E-state index contributed by atoms with van der Waals surface area (Å²) in [5.41, 5.74) is 3.56. The zero-order chi connectivity index (χ0) is 20.9. The van der Waals surface area contributed by atoms with Gasteiger partial charge < -0.3 is 10.2 Å². The number of nitrogens with one attached hydrogen (secondary N) is 1. The van der Waals surface area contributed by atoms with Crippen molar-refractivity contribution in [2.24, 2.45) is 5.14 Å². The summed E-state index contributed by atoms with van der Waals surface area (Å²) in [4.78, 5) is 28.7. The monoisotopic (exact) mass is 412 g/mol. The number of rotatable bonds is 3. The molecule has 0 unspecified atom stereocenters. The van der Waals surface area contributed by atoms with Gasteiger partial charge in [-0.2, -0.15) is 0 Å². The van der Waals surface area contributed by atoms with E-state index in [0.29, 0.717) is 17.0 Å². The van der Waals surface area contributed by atoms with Crippen LogP contribution in [-0.2, 0) is 14.8 Å². The highest BCUT2D eigenvalue weighted by Crippen LogP contribution is 2.37. The van der Waals surface area contributed by atoms with Crippen LogP contribution in [0.2, 0.25) is 0 Å². The summed E-state index contributed by atoms with van der Waals surface area (Å²) < 4.78 is 22.9. The summed E-state index contributed by atoms with van der Waals surface area (Å²) in [6.45, 7) is 2.19. The van der Waals surface area contributed by atoms with Gasteiger partial charge in [0.15, 0.2) is 0 Å². The number of sulfonamides is 1. The van der Waals surface area contributed by atoms with Crippen molar-refractivity contribution < 1.29 is 18.0 Å². The molecule has 3 amide bonds. The second kappa shape index (κ2) is 6.71. The van der Waals surface area contributed by atoms with Gasteiger partial charge in [-0.25, -0.2) is 18.4 Å². The lowest BCUT2D eigenvalue weighted by Gasteiger charge is -2.31. The number of nitrogens with zero attached hydrogens (tertiary/aromatic N) is 2. The van der Waals surface area contributed by atoms with Crippen molar-refractivity contribution in [3.8, 4) is 0 Å². The van der Waals surface area contributed by atoms with Crippen LogP contribution < -0.4 is 15.4 Å². The Hall–Kier alpha value is -3.17. The second-order valence-corrected chi connectivity index (χ2v) is 8.70. The van der Waals surface area contributed by atoms with Gasteiger partial charge in [0.25, 0.3) is 5.91 Å². The Morgan fingerprint density at radius 1 is 1.03 bits per heavy atom. The average Bonchev–Trinajstić information content (AvgIpc) is 3.02. The van der Waals surface area contributed by atoms with Crippen LogP contribution in [0, 0.1) is 6.92 Å². The predicted molar refractivity (Wildman–Crippen MR) is 107 cm³/mol. The molecule has 0 aromatic heterocycles. The summed E-state index contributed by atoms with van der Waals surface area (Å²) in [5.74, 6) is -0.235. The van der Waals surface area contributed by atoms with E-state index in [4.69, 9.17) is 5.14 Å². The molecule has 0 spiro atoms. The number of benzene rings is 2. The van der Waals surface area contributed by atoms with Crippen molar-refractivity contribution in [2.75, 3.05) is 18.5 Å². The van der Waals surface area contributed by atoms with E-state index >= 15 is 0 Å². The number of nitrogens with two attached hydrogens (primary N) is 1. The molecule has 2 aliphatic rings. The highest BCUT2D eigenvalue weighted by molar-refractivity contribution is 7.89. The number of carbonyl (C=O) groups excluding carboxylic acids is 2. The molecule has 2 heterocycles. The number of hydrogen-bond donors (Lipinski definition) is 2. The smallest absolute Gasteiger partial charge is 0.322 e. The maximum Gasteiger partial charge on any atom is 0.322 e. The first-order valence-corrected chi connectivity index (χ1v) is 10.5. The molecular weight excluding hydrogens is 392 g/mol. The Balaban J connectivity index is 1.71. The maximum atomic E-state index is 13.3. The molecule has 2 aromatic carbocycles. The van der Waals surface area contributed by atoms with Crippen LogP contribution in [0.25, 0.3) is 0 Å². The third-order valence-electron chi connectivity index (χ3n) is 5.25. The largest absolute Gasteiger partial charge is 0.327 e. The van der Waals surface area contributed by atoms with Crippen molar-refractivity contribution in [2.45, 2.75) is 17.9 Å². The number of likely N-dealkylation sites (N-methyl/N-ethyl adjacent to an activating group) is 1. The van der Waals surface area contributed by atoms with Crippen molar-refractivity contribution in [3.63, 3.8) is 0 Å². The van der Waals surface area contributed by atoms with Gasteiger partial charge >= 0.3 is 6.03 Å². The topological polar surface area (TPSA) is 113 Å². The number of carbonyl (C=O) groups is 2. The molecule has 8 nitrogen and oxygen atoms in total. The molecule has 2 aromatic rings. The molecule has 3 N–H and O–H groups in total. The Kier molecular flexibility index (Phi) is 4.44. The number of amides is 3. The molecule has 0 saturated carbocycles.